The van der Waals surface area contributed by atoms with E-state index in [1.165, 1.54) is 5.56 Å². The maximum absolute atomic E-state index is 6.11. The second-order valence-electron chi connectivity index (χ2n) is 7.47. The van der Waals surface area contributed by atoms with E-state index >= 15 is 0 Å². The summed E-state index contributed by atoms with van der Waals surface area (Å²) in [5, 5.41) is 0.728. The van der Waals surface area contributed by atoms with E-state index in [1.54, 1.807) is 0 Å². The molecular formula is C25H25ClN2OS. The second-order valence-corrected chi connectivity index (χ2v) is 8.29. The fourth-order valence-electron chi connectivity index (χ4n) is 3.63. The molecule has 3 nitrogen and oxygen atoms in total. The number of benzene rings is 3. The molecule has 5 heteroatoms. The third-order valence-corrected chi connectivity index (χ3v) is 6.06. The fraction of sp³-hybridized carbons (Fsp3) is 0.240. The van der Waals surface area contributed by atoms with Crippen LogP contribution in [0.1, 0.15) is 16.7 Å². The lowest BCUT2D eigenvalue weighted by molar-refractivity contribution is 0.177. The molecule has 0 bridgehead atoms. The molecule has 1 aliphatic heterocycles. The molecule has 1 fully saturated rings. The highest BCUT2D eigenvalue weighted by molar-refractivity contribution is 7.80. The molecule has 1 saturated heterocycles. The van der Waals surface area contributed by atoms with Crippen molar-refractivity contribution < 1.29 is 4.74 Å². The van der Waals surface area contributed by atoms with Crippen molar-refractivity contribution in [2.24, 2.45) is 0 Å². The van der Waals surface area contributed by atoms with Crippen LogP contribution >= 0.6 is 23.8 Å². The minimum Gasteiger partial charge on any atom is -0.488 e. The Morgan fingerprint density at radius 3 is 2.20 bits per heavy atom. The summed E-state index contributed by atoms with van der Waals surface area (Å²) in [6, 6.07) is 26.4. The average Bonchev–Trinajstić information content (AvgIpc) is 2.80. The lowest BCUT2D eigenvalue weighted by atomic mass is 10.1. The zero-order valence-electron chi connectivity index (χ0n) is 16.8. The number of rotatable bonds is 6. The summed E-state index contributed by atoms with van der Waals surface area (Å²) in [7, 11) is 0. The van der Waals surface area contributed by atoms with E-state index in [9.17, 15) is 0 Å². The van der Waals surface area contributed by atoms with Crippen LogP contribution in [0.4, 0.5) is 0 Å². The Balaban J connectivity index is 1.36. The molecule has 0 saturated carbocycles. The van der Waals surface area contributed by atoms with Gasteiger partial charge in [-0.2, -0.15) is 0 Å². The van der Waals surface area contributed by atoms with Crippen LogP contribution in [0.25, 0.3) is 0 Å². The molecule has 0 aromatic heterocycles. The third-order valence-electron chi connectivity index (χ3n) is 5.33. The molecule has 4 rings (SSSR count). The highest BCUT2D eigenvalue weighted by Crippen LogP contribution is 2.23. The summed E-state index contributed by atoms with van der Waals surface area (Å²) in [6.07, 6.45) is 0. The maximum atomic E-state index is 6.11. The normalized spacial score (nSPS) is 14.5. The van der Waals surface area contributed by atoms with E-state index in [4.69, 9.17) is 28.6 Å². The molecule has 30 heavy (non-hydrogen) atoms. The lowest BCUT2D eigenvalue weighted by Gasteiger charge is -2.36. The van der Waals surface area contributed by atoms with Crippen LogP contribution in [0.2, 0.25) is 5.02 Å². The highest BCUT2D eigenvalue weighted by Gasteiger charge is 2.21. The molecule has 0 radical (unpaired) electrons. The number of piperazine rings is 1. The molecule has 0 N–H and O–H groups in total. The van der Waals surface area contributed by atoms with Crippen LogP contribution in [0.15, 0.2) is 78.9 Å². The predicted molar refractivity (Wildman–Crippen MR) is 127 cm³/mol. The average molecular weight is 437 g/mol. The quantitative estimate of drug-likeness (QED) is 0.480. The third kappa shape index (κ3) is 5.39. The van der Waals surface area contributed by atoms with E-state index in [0.717, 1.165) is 59.6 Å². The number of hydrogen-bond acceptors (Lipinski definition) is 3. The first kappa shape index (κ1) is 20.9. The Morgan fingerprint density at radius 1 is 0.800 bits per heavy atom. The molecule has 3 aromatic rings. The van der Waals surface area contributed by atoms with Gasteiger partial charge in [0.2, 0.25) is 0 Å². The lowest BCUT2D eigenvalue weighted by Crippen LogP contribution is -2.48. The zero-order valence-corrected chi connectivity index (χ0v) is 18.4. The van der Waals surface area contributed by atoms with E-state index in [-0.39, 0.29) is 0 Å². The van der Waals surface area contributed by atoms with Crippen molar-refractivity contribution in [1.29, 1.82) is 0 Å². The summed E-state index contributed by atoms with van der Waals surface area (Å²) in [6.45, 7) is 5.34. The second kappa shape index (κ2) is 10.1. The molecule has 0 atom stereocenters. The molecule has 0 aliphatic carbocycles. The number of thiocarbonyl (C=S) groups is 1. The van der Waals surface area contributed by atoms with Crippen molar-refractivity contribution in [2.75, 3.05) is 26.2 Å². The molecule has 0 unspecified atom stereocenters. The number of nitrogens with zero attached hydrogens (tertiary/aromatic N) is 2. The largest absolute Gasteiger partial charge is 0.488 e. The standard InChI is InChI=1S/C25H25ClN2OS/c26-22-12-10-21(11-13-22)19-29-24-9-5-4-8-23(24)25(30)28-16-14-27(15-17-28)18-20-6-2-1-3-7-20/h1-13H,14-19H2. The smallest absolute Gasteiger partial charge is 0.130 e. The molecule has 0 amide bonds. The Hall–Kier alpha value is -2.40. The minimum atomic E-state index is 0.488. The molecule has 3 aromatic carbocycles. The van der Waals surface area contributed by atoms with Crippen LogP contribution in [0.3, 0.4) is 0 Å². The van der Waals surface area contributed by atoms with E-state index in [2.05, 4.69) is 46.2 Å². The van der Waals surface area contributed by atoms with Gasteiger partial charge in [0.1, 0.15) is 17.3 Å². The predicted octanol–water partition coefficient (Wildman–Crippen LogP) is 5.41. The van der Waals surface area contributed by atoms with Gasteiger partial charge in [-0.1, -0.05) is 78.4 Å². The Kier molecular flexibility index (Phi) is 7.00. The number of ether oxygens (including phenoxy) is 1. The Morgan fingerprint density at radius 2 is 1.47 bits per heavy atom. The van der Waals surface area contributed by atoms with E-state index in [0.29, 0.717) is 6.61 Å². The summed E-state index contributed by atoms with van der Waals surface area (Å²) >= 11 is 11.8. The van der Waals surface area contributed by atoms with Crippen molar-refractivity contribution in [3.63, 3.8) is 0 Å². The van der Waals surface area contributed by atoms with Crippen LogP contribution in [0.5, 0.6) is 5.75 Å². The van der Waals surface area contributed by atoms with Crippen LogP contribution in [-0.4, -0.2) is 41.0 Å². The van der Waals surface area contributed by atoms with Gasteiger partial charge < -0.3 is 9.64 Å². The van der Waals surface area contributed by atoms with Crippen molar-refractivity contribution >= 4 is 28.8 Å². The Labute approximate surface area is 188 Å². The SMILES string of the molecule is S=C(c1ccccc1OCc1ccc(Cl)cc1)N1CCN(Cc2ccccc2)CC1. The first-order chi connectivity index (χ1) is 14.7. The molecular weight excluding hydrogens is 412 g/mol. The Bertz CT molecular complexity index is 970. The van der Waals surface area contributed by atoms with Gasteiger partial charge in [0.15, 0.2) is 0 Å². The highest BCUT2D eigenvalue weighted by atomic mass is 35.5. The molecule has 1 heterocycles. The monoisotopic (exact) mass is 436 g/mol. The van der Waals surface area contributed by atoms with Crippen molar-refractivity contribution in [1.82, 2.24) is 9.80 Å². The van der Waals surface area contributed by atoms with Gasteiger partial charge in [-0.05, 0) is 35.4 Å². The molecule has 154 valence electrons. The van der Waals surface area contributed by atoms with Gasteiger partial charge in [-0.25, -0.2) is 0 Å². The van der Waals surface area contributed by atoms with E-state index < -0.39 is 0 Å². The van der Waals surface area contributed by atoms with Crippen LogP contribution < -0.4 is 4.74 Å². The number of para-hydroxylation sites is 1. The van der Waals surface area contributed by atoms with Gasteiger partial charge in [-0.15, -0.1) is 0 Å². The summed E-state index contributed by atoms with van der Waals surface area (Å²) in [5.74, 6) is 0.823. The van der Waals surface area contributed by atoms with Crippen LogP contribution in [-0.2, 0) is 13.2 Å². The van der Waals surface area contributed by atoms with Gasteiger partial charge in [0.25, 0.3) is 0 Å². The van der Waals surface area contributed by atoms with Gasteiger partial charge in [0, 0.05) is 37.7 Å². The van der Waals surface area contributed by atoms with Gasteiger partial charge in [0.05, 0.1) is 5.56 Å². The van der Waals surface area contributed by atoms with Gasteiger partial charge in [-0.3, -0.25) is 4.90 Å². The van der Waals surface area contributed by atoms with Crippen molar-refractivity contribution in [3.8, 4) is 5.75 Å². The number of halogens is 1. The van der Waals surface area contributed by atoms with Crippen molar-refractivity contribution in [3.05, 3.63) is 101 Å². The van der Waals surface area contributed by atoms with Crippen LogP contribution in [0, 0.1) is 0 Å². The summed E-state index contributed by atoms with van der Waals surface area (Å²) in [5.41, 5.74) is 3.42. The van der Waals surface area contributed by atoms with Crippen molar-refractivity contribution in [2.45, 2.75) is 13.2 Å². The maximum Gasteiger partial charge on any atom is 0.130 e. The van der Waals surface area contributed by atoms with E-state index in [1.807, 2.05) is 42.5 Å². The summed E-state index contributed by atoms with van der Waals surface area (Å²) in [4.78, 5) is 5.64. The summed E-state index contributed by atoms with van der Waals surface area (Å²) < 4.78 is 6.11. The number of hydrogen-bond donors (Lipinski definition) is 0. The first-order valence-electron chi connectivity index (χ1n) is 10.2. The molecule has 1 aliphatic rings. The topological polar surface area (TPSA) is 15.7 Å². The zero-order chi connectivity index (χ0) is 20.8. The van der Waals surface area contributed by atoms with Gasteiger partial charge >= 0.3 is 0 Å². The fourth-order valence-corrected chi connectivity index (χ4v) is 4.11. The first-order valence-corrected chi connectivity index (χ1v) is 11.0. The minimum absolute atomic E-state index is 0.488. The molecule has 0 spiro atoms.